The van der Waals surface area contributed by atoms with E-state index in [4.69, 9.17) is 0 Å². The van der Waals surface area contributed by atoms with Gasteiger partial charge < -0.3 is 5.32 Å². The van der Waals surface area contributed by atoms with Crippen molar-refractivity contribution in [2.75, 3.05) is 5.32 Å². The van der Waals surface area contributed by atoms with Crippen LogP contribution in [-0.4, -0.2) is 25.9 Å². The molecule has 1 amide bonds. The van der Waals surface area contributed by atoms with Crippen LogP contribution in [0.4, 0.5) is 5.82 Å². The number of carbonyl (C=O) groups excluding carboxylic acids is 1. The molecule has 0 bridgehead atoms. The van der Waals surface area contributed by atoms with Crippen LogP contribution in [0.25, 0.3) is 0 Å². The predicted molar refractivity (Wildman–Crippen MR) is 77.6 cm³/mol. The van der Waals surface area contributed by atoms with Gasteiger partial charge in [0.1, 0.15) is 0 Å². The third kappa shape index (κ3) is 3.07. The number of nitrogens with zero attached hydrogens (tertiary/aromatic N) is 3. The van der Waals surface area contributed by atoms with E-state index in [1.807, 2.05) is 38.6 Å². The van der Waals surface area contributed by atoms with Gasteiger partial charge in [0.15, 0.2) is 5.82 Å². The molecule has 2 heterocycles. The van der Waals surface area contributed by atoms with E-state index in [0.717, 1.165) is 29.1 Å². The Morgan fingerprint density at radius 1 is 1.45 bits per heavy atom. The molecule has 2 aromatic rings. The monoisotopic (exact) mass is 275 g/mol. The van der Waals surface area contributed by atoms with Crippen molar-refractivity contribution >= 4 is 11.7 Å². The van der Waals surface area contributed by atoms with Gasteiger partial charge in [-0.15, -0.1) is 0 Å². The maximum Gasteiger partial charge on any atom is 0.225 e. The zero-order chi connectivity index (χ0) is 14.7. The van der Waals surface area contributed by atoms with Crippen LogP contribution in [0.5, 0.6) is 0 Å². The maximum absolute atomic E-state index is 11.9. The van der Waals surface area contributed by atoms with Crippen LogP contribution in [0.1, 0.15) is 36.0 Å². The van der Waals surface area contributed by atoms with Crippen molar-refractivity contribution in [2.24, 2.45) is 7.05 Å². The molecule has 0 aromatic carbocycles. The second-order valence-electron chi connectivity index (χ2n) is 4.95. The van der Waals surface area contributed by atoms with Gasteiger partial charge in [-0.1, -0.05) is 6.92 Å². The first-order chi connectivity index (χ1) is 9.51. The normalized spacial score (nSPS) is 10.8. The molecule has 0 atom stereocenters. The number of H-pyrrole nitrogens is 1. The van der Waals surface area contributed by atoms with Crippen LogP contribution in [0.2, 0.25) is 0 Å². The number of aromatic amines is 1. The fourth-order valence-corrected chi connectivity index (χ4v) is 2.23. The number of aryl methyl sites for hydroxylation is 3. The summed E-state index contributed by atoms with van der Waals surface area (Å²) in [6.45, 7) is 6.03. The molecule has 2 aromatic heterocycles. The summed E-state index contributed by atoms with van der Waals surface area (Å²) in [6.07, 6.45) is 2.00. The fourth-order valence-electron chi connectivity index (χ4n) is 2.23. The van der Waals surface area contributed by atoms with E-state index in [9.17, 15) is 4.79 Å². The van der Waals surface area contributed by atoms with Gasteiger partial charge in [-0.3, -0.25) is 14.6 Å². The van der Waals surface area contributed by atoms with E-state index in [2.05, 4.69) is 20.6 Å². The lowest BCUT2D eigenvalue weighted by molar-refractivity contribution is -0.116. The summed E-state index contributed by atoms with van der Waals surface area (Å²) < 4.78 is 1.85. The van der Waals surface area contributed by atoms with Crippen molar-refractivity contribution in [2.45, 2.75) is 40.0 Å². The SMILES string of the molecule is CCc1cc(NC(=O)CCc2c(C)nn(C)c2C)n[nH]1. The number of amides is 1. The minimum Gasteiger partial charge on any atom is -0.309 e. The van der Waals surface area contributed by atoms with Gasteiger partial charge >= 0.3 is 0 Å². The Morgan fingerprint density at radius 3 is 2.75 bits per heavy atom. The second-order valence-corrected chi connectivity index (χ2v) is 4.95. The van der Waals surface area contributed by atoms with Gasteiger partial charge in [0, 0.05) is 30.9 Å². The summed E-state index contributed by atoms with van der Waals surface area (Å²) in [6, 6.07) is 1.86. The minimum absolute atomic E-state index is 0.0261. The van der Waals surface area contributed by atoms with Crippen molar-refractivity contribution in [1.82, 2.24) is 20.0 Å². The van der Waals surface area contributed by atoms with Crippen LogP contribution in [0, 0.1) is 13.8 Å². The zero-order valence-electron chi connectivity index (χ0n) is 12.4. The first kappa shape index (κ1) is 14.3. The van der Waals surface area contributed by atoms with E-state index in [-0.39, 0.29) is 5.91 Å². The standard InChI is InChI=1S/C14H21N5O/c1-5-11-8-13(17-16-11)15-14(20)7-6-12-9(2)18-19(4)10(12)3/h8H,5-7H2,1-4H3,(H2,15,16,17,20). The first-order valence-corrected chi connectivity index (χ1v) is 6.84. The van der Waals surface area contributed by atoms with E-state index in [0.29, 0.717) is 18.7 Å². The molecule has 0 spiro atoms. The fraction of sp³-hybridized carbons (Fsp3) is 0.500. The number of anilines is 1. The van der Waals surface area contributed by atoms with Crippen molar-refractivity contribution < 1.29 is 4.79 Å². The van der Waals surface area contributed by atoms with Gasteiger partial charge in [0.2, 0.25) is 5.91 Å². The van der Waals surface area contributed by atoms with Crippen molar-refractivity contribution in [1.29, 1.82) is 0 Å². The molecule has 6 heteroatoms. The molecule has 0 aliphatic heterocycles. The minimum atomic E-state index is -0.0261. The van der Waals surface area contributed by atoms with Crippen LogP contribution in [-0.2, 0) is 24.7 Å². The Balaban J connectivity index is 1.92. The molecule has 2 rings (SSSR count). The molecule has 20 heavy (non-hydrogen) atoms. The first-order valence-electron chi connectivity index (χ1n) is 6.84. The maximum atomic E-state index is 11.9. The number of hydrogen-bond acceptors (Lipinski definition) is 3. The Bertz CT molecular complexity index is 611. The van der Waals surface area contributed by atoms with Crippen molar-refractivity contribution in [3.8, 4) is 0 Å². The molecule has 6 nitrogen and oxygen atoms in total. The number of rotatable bonds is 5. The third-order valence-corrected chi connectivity index (χ3v) is 3.54. The largest absolute Gasteiger partial charge is 0.309 e. The summed E-state index contributed by atoms with van der Waals surface area (Å²) in [4.78, 5) is 11.9. The van der Waals surface area contributed by atoms with E-state index < -0.39 is 0 Å². The molecule has 0 aliphatic carbocycles. The predicted octanol–water partition coefficient (Wildman–Crippen LogP) is 1.89. The van der Waals surface area contributed by atoms with Crippen LogP contribution >= 0.6 is 0 Å². The molecule has 0 fully saturated rings. The number of nitrogens with one attached hydrogen (secondary N) is 2. The lowest BCUT2D eigenvalue weighted by Gasteiger charge is -2.03. The van der Waals surface area contributed by atoms with E-state index >= 15 is 0 Å². The number of hydrogen-bond donors (Lipinski definition) is 2. The Morgan fingerprint density at radius 2 is 2.20 bits per heavy atom. The van der Waals surface area contributed by atoms with E-state index in [1.54, 1.807) is 0 Å². The van der Waals surface area contributed by atoms with Crippen molar-refractivity contribution in [3.05, 3.63) is 28.7 Å². The highest BCUT2D eigenvalue weighted by Crippen LogP contribution is 2.14. The Labute approximate surface area is 118 Å². The van der Waals surface area contributed by atoms with Crippen LogP contribution < -0.4 is 5.32 Å². The highest BCUT2D eigenvalue weighted by molar-refractivity contribution is 5.89. The lowest BCUT2D eigenvalue weighted by Crippen LogP contribution is -2.13. The quantitative estimate of drug-likeness (QED) is 0.875. The lowest BCUT2D eigenvalue weighted by atomic mass is 10.1. The molecule has 0 saturated heterocycles. The van der Waals surface area contributed by atoms with Gasteiger partial charge in [0.05, 0.1) is 5.69 Å². The molecule has 0 aliphatic rings. The summed E-state index contributed by atoms with van der Waals surface area (Å²) in [5, 5.41) is 14.1. The molecular formula is C14H21N5O. The van der Waals surface area contributed by atoms with Crippen LogP contribution in [0.3, 0.4) is 0 Å². The summed E-state index contributed by atoms with van der Waals surface area (Å²) in [5.41, 5.74) is 4.27. The van der Waals surface area contributed by atoms with Gasteiger partial charge in [-0.25, -0.2) is 0 Å². The van der Waals surface area contributed by atoms with Crippen LogP contribution in [0.15, 0.2) is 6.07 Å². The highest BCUT2D eigenvalue weighted by Gasteiger charge is 2.12. The summed E-state index contributed by atoms with van der Waals surface area (Å²) in [7, 11) is 1.92. The average molecular weight is 275 g/mol. The second kappa shape index (κ2) is 5.90. The molecular weight excluding hydrogens is 254 g/mol. The smallest absolute Gasteiger partial charge is 0.225 e. The molecule has 0 saturated carbocycles. The number of carbonyl (C=O) groups is 1. The molecule has 0 unspecified atom stereocenters. The molecule has 108 valence electrons. The average Bonchev–Trinajstić information content (AvgIpc) is 2.94. The van der Waals surface area contributed by atoms with Gasteiger partial charge in [0.25, 0.3) is 0 Å². The molecule has 0 radical (unpaired) electrons. The van der Waals surface area contributed by atoms with Gasteiger partial charge in [-0.05, 0) is 32.3 Å². The Kier molecular flexibility index (Phi) is 4.22. The van der Waals surface area contributed by atoms with Crippen molar-refractivity contribution in [3.63, 3.8) is 0 Å². The highest BCUT2D eigenvalue weighted by atomic mass is 16.1. The van der Waals surface area contributed by atoms with Gasteiger partial charge in [-0.2, -0.15) is 10.2 Å². The topological polar surface area (TPSA) is 75.6 Å². The summed E-state index contributed by atoms with van der Waals surface area (Å²) in [5.74, 6) is 0.563. The van der Waals surface area contributed by atoms with E-state index in [1.165, 1.54) is 0 Å². The zero-order valence-corrected chi connectivity index (χ0v) is 12.4. The number of aromatic nitrogens is 4. The summed E-state index contributed by atoms with van der Waals surface area (Å²) >= 11 is 0. The molecule has 2 N–H and O–H groups in total. The third-order valence-electron chi connectivity index (χ3n) is 3.54. The Hall–Kier alpha value is -2.11.